The number of hydrogen-bond donors (Lipinski definition) is 0. The van der Waals surface area contributed by atoms with Crippen LogP contribution in [0.25, 0.3) is 21.8 Å². The standard InChI is InChI=1S/C23H22N4O2/c28-21(25-12-6-7-13-25)16-27-23(29)22-19(14-24-27)18-10-4-5-11-20(18)26(22)15-17-8-2-1-3-9-17/h1-5,8-11,14H,6-7,12-13,15-16H2. The van der Waals surface area contributed by atoms with E-state index >= 15 is 0 Å². The number of para-hydroxylation sites is 1. The highest BCUT2D eigenvalue weighted by Gasteiger charge is 2.21. The Morgan fingerprint density at radius 2 is 1.66 bits per heavy atom. The normalized spacial score (nSPS) is 14.1. The number of hydrogen-bond acceptors (Lipinski definition) is 3. The zero-order valence-electron chi connectivity index (χ0n) is 16.1. The molecule has 4 aromatic rings. The fraction of sp³-hybridized carbons (Fsp3) is 0.261. The van der Waals surface area contributed by atoms with Crippen molar-refractivity contribution in [1.82, 2.24) is 19.2 Å². The number of carbonyl (C=O) groups is 1. The third-order valence-corrected chi connectivity index (χ3v) is 5.70. The van der Waals surface area contributed by atoms with E-state index in [9.17, 15) is 9.59 Å². The maximum absolute atomic E-state index is 13.4. The first-order valence-electron chi connectivity index (χ1n) is 10.0. The smallest absolute Gasteiger partial charge is 0.291 e. The molecule has 0 saturated carbocycles. The van der Waals surface area contributed by atoms with Gasteiger partial charge in [-0.25, -0.2) is 4.68 Å². The summed E-state index contributed by atoms with van der Waals surface area (Å²) in [6.07, 6.45) is 3.77. The Hall–Kier alpha value is -3.41. The van der Waals surface area contributed by atoms with E-state index in [1.807, 2.05) is 51.9 Å². The van der Waals surface area contributed by atoms with Crippen LogP contribution in [0.2, 0.25) is 0 Å². The lowest BCUT2D eigenvalue weighted by atomic mass is 10.2. The van der Waals surface area contributed by atoms with Gasteiger partial charge in [0, 0.05) is 35.9 Å². The first-order chi connectivity index (χ1) is 14.2. The SMILES string of the molecule is O=C(Cn1ncc2c3ccccc3n(Cc3ccccc3)c2c1=O)N1CCCC1. The Morgan fingerprint density at radius 3 is 2.45 bits per heavy atom. The van der Waals surface area contributed by atoms with Crippen molar-refractivity contribution in [2.45, 2.75) is 25.9 Å². The molecular weight excluding hydrogens is 364 g/mol. The molecule has 1 saturated heterocycles. The molecule has 0 unspecified atom stereocenters. The summed E-state index contributed by atoms with van der Waals surface area (Å²) in [7, 11) is 0. The zero-order chi connectivity index (χ0) is 19.8. The van der Waals surface area contributed by atoms with E-state index in [0.29, 0.717) is 12.1 Å². The van der Waals surface area contributed by atoms with Crippen LogP contribution in [0.15, 0.2) is 65.6 Å². The van der Waals surface area contributed by atoms with E-state index in [1.165, 1.54) is 4.68 Å². The number of aromatic nitrogens is 3. The van der Waals surface area contributed by atoms with Crippen molar-refractivity contribution in [2.75, 3.05) is 13.1 Å². The lowest BCUT2D eigenvalue weighted by Crippen LogP contribution is -2.36. The molecule has 0 radical (unpaired) electrons. The van der Waals surface area contributed by atoms with Crippen LogP contribution in [-0.2, 0) is 17.9 Å². The quantitative estimate of drug-likeness (QED) is 0.542. The number of benzene rings is 2. The predicted octanol–water partition coefficient (Wildman–Crippen LogP) is 3.02. The molecule has 0 atom stereocenters. The van der Waals surface area contributed by atoms with Crippen LogP contribution in [0, 0.1) is 0 Å². The van der Waals surface area contributed by atoms with Crippen LogP contribution >= 0.6 is 0 Å². The van der Waals surface area contributed by atoms with Crippen molar-refractivity contribution in [3.05, 3.63) is 76.7 Å². The Labute approximate surface area is 168 Å². The van der Waals surface area contributed by atoms with Gasteiger partial charge in [0.05, 0.1) is 6.20 Å². The molecule has 3 heterocycles. The summed E-state index contributed by atoms with van der Waals surface area (Å²) in [6.45, 7) is 2.11. The number of likely N-dealkylation sites (tertiary alicyclic amines) is 1. The van der Waals surface area contributed by atoms with Crippen LogP contribution in [0.4, 0.5) is 0 Å². The summed E-state index contributed by atoms with van der Waals surface area (Å²) in [5.74, 6) is -0.0397. The summed E-state index contributed by atoms with van der Waals surface area (Å²) < 4.78 is 3.35. The molecule has 1 aliphatic rings. The van der Waals surface area contributed by atoms with Crippen LogP contribution in [0.5, 0.6) is 0 Å². The largest absolute Gasteiger partial charge is 0.341 e. The lowest BCUT2D eigenvalue weighted by Gasteiger charge is -2.15. The average Bonchev–Trinajstić information content (AvgIpc) is 3.39. The molecule has 0 aliphatic carbocycles. The van der Waals surface area contributed by atoms with Gasteiger partial charge >= 0.3 is 0 Å². The van der Waals surface area contributed by atoms with Crippen molar-refractivity contribution < 1.29 is 4.79 Å². The minimum absolute atomic E-state index is 0.0123. The molecule has 6 nitrogen and oxygen atoms in total. The third kappa shape index (κ3) is 3.10. The van der Waals surface area contributed by atoms with E-state index in [0.717, 1.165) is 47.8 Å². The molecule has 1 aliphatic heterocycles. The summed E-state index contributed by atoms with van der Waals surface area (Å²) in [5.41, 5.74) is 2.49. The molecule has 146 valence electrons. The molecule has 1 amide bonds. The van der Waals surface area contributed by atoms with Gasteiger partial charge in [0.25, 0.3) is 5.56 Å². The molecule has 0 N–H and O–H groups in total. The van der Waals surface area contributed by atoms with Crippen molar-refractivity contribution in [2.24, 2.45) is 0 Å². The molecule has 6 heteroatoms. The fourth-order valence-electron chi connectivity index (χ4n) is 4.23. The maximum Gasteiger partial charge on any atom is 0.291 e. The zero-order valence-corrected chi connectivity index (χ0v) is 16.1. The maximum atomic E-state index is 13.4. The highest BCUT2D eigenvalue weighted by Crippen LogP contribution is 2.27. The molecule has 0 spiro atoms. The number of carbonyl (C=O) groups excluding carboxylic acids is 1. The number of fused-ring (bicyclic) bond motifs is 3. The van der Waals surface area contributed by atoms with E-state index in [-0.39, 0.29) is 18.0 Å². The van der Waals surface area contributed by atoms with Crippen molar-refractivity contribution in [1.29, 1.82) is 0 Å². The van der Waals surface area contributed by atoms with Gasteiger partial charge in [-0.3, -0.25) is 9.59 Å². The molecule has 0 bridgehead atoms. The molecule has 29 heavy (non-hydrogen) atoms. The van der Waals surface area contributed by atoms with Gasteiger partial charge < -0.3 is 9.47 Å². The second-order valence-electron chi connectivity index (χ2n) is 7.55. The Morgan fingerprint density at radius 1 is 0.931 bits per heavy atom. The number of rotatable bonds is 4. The summed E-state index contributed by atoms with van der Waals surface area (Å²) in [4.78, 5) is 27.8. The number of nitrogens with zero attached hydrogens (tertiary/aromatic N) is 4. The van der Waals surface area contributed by atoms with Crippen LogP contribution in [0.3, 0.4) is 0 Å². The molecule has 5 rings (SSSR count). The highest BCUT2D eigenvalue weighted by atomic mass is 16.2. The molecule has 2 aromatic heterocycles. The van der Waals surface area contributed by atoms with Gasteiger partial charge in [-0.2, -0.15) is 5.10 Å². The summed E-state index contributed by atoms with van der Waals surface area (Å²) in [5, 5.41) is 6.16. The Bertz CT molecular complexity index is 1250. The minimum atomic E-state index is -0.220. The van der Waals surface area contributed by atoms with Gasteiger partial charge in [0.1, 0.15) is 12.1 Å². The second-order valence-corrected chi connectivity index (χ2v) is 7.55. The second kappa shape index (κ2) is 7.20. The van der Waals surface area contributed by atoms with Gasteiger partial charge in [0.15, 0.2) is 0 Å². The Balaban J connectivity index is 1.64. The summed E-state index contributed by atoms with van der Waals surface area (Å²) >= 11 is 0. The minimum Gasteiger partial charge on any atom is -0.341 e. The monoisotopic (exact) mass is 386 g/mol. The van der Waals surface area contributed by atoms with Crippen molar-refractivity contribution in [3.63, 3.8) is 0 Å². The third-order valence-electron chi connectivity index (χ3n) is 5.70. The lowest BCUT2D eigenvalue weighted by molar-refractivity contribution is -0.131. The highest BCUT2D eigenvalue weighted by molar-refractivity contribution is 6.07. The first kappa shape index (κ1) is 17.7. The van der Waals surface area contributed by atoms with E-state index < -0.39 is 0 Å². The fourth-order valence-corrected chi connectivity index (χ4v) is 4.23. The van der Waals surface area contributed by atoms with Crippen molar-refractivity contribution >= 4 is 27.7 Å². The Kier molecular flexibility index (Phi) is 4.39. The molecule has 1 fully saturated rings. The van der Waals surface area contributed by atoms with E-state index in [4.69, 9.17) is 0 Å². The topological polar surface area (TPSA) is 60.1 Å². The average molecular weight is 386 g/mol. The van der Waals surface area contributed by atoms with Gasteiger partial charge in [-0.15, -0.1) is 0 Å². The van der Waals surface area contributed by atoms with Gasteiger partial charge in [0.2, 0.25) is 5.91 Å². The van der Waals surface area contributed by atoms with Crippen LogP contribution in [0.1, 0.15) is 18.4 Å². The van der Waals surface area contributed by atoms with Crippen LogP contribution in [-0.4, -0.2) is 38.2 Å². The van der Waals surface area contributed by atoms with Gasteiger partial charge in [-0.1, -0.05) is 48.5 Å². The summed E-state index contributed by atoms with van der Waals surface area (Å²) in [6, 6.07) is 18.1. The van der Waals surface area contributed by atoms with E-state index in [1.54, 1.807) is 6.20 Å². The molecular formula is C23H22N4O2. The van der Waals surface area contributed by atoms with Crippen molar-refractivity contribution in [3.8, 4) is 0 Å². The molecule has 2 aromatic carbocycles. The number of amides is 1. The van der Waals surface area contributed by atoms with Crippen LogP contribution < -0.4 is 5.56 Å². The first-order valence-corrected chi connectivity index (χ1v) is 10.0. The van der Waals surface area contributed by atoms with Gasteiger partial charge in [-0.05, 0) is 24.5 Å². The van der Waals surface area contributed by atoms with E-state index in [2.05, 4.69) is 17.2 Å². The predicted molar refractivity (Wildman–Crippen MR) is 113 cm³/mol.